The zero-order valence-electron chi connectivity index (χ0n) is 12.6. The number of likely N-dealkylation sites (N-methyl/N-ethyl adjacent to an activating group) is 1. The van der Waals surface area contributed by atoms with Crippen LogP contribution in [0.25, 0.3) is 0 Å². The number of hydrogen-bond donors (Lipinski definition) is 1. The summed E-state index contributed by atoms with van der Waals surface area (Å²) in [6.45, 7) is 13.4. The van der Waals surface area contributed by atoms with Crippen LogP contribution in [-0.2, 0) is 4.79 Å². The van der Waals surface area contributed by atoms with Crippen LogP contribution in [0, 0.1) is 5.41 Å². The second-order valence-electron chi connectivity index (χ2n) is 6.53. The van der Waals surface area contributed by atoms with Crippen LogP contribution in [-0.4, -0.2) is 61.5 Å². The molecular weight excluding hydrogens is 226 g/mol. The molecule has 1 rings (SSSR count). The van der Waals surface area contributed by atoms with E-state index in [1.54, 1.807) is 0 Å². The van der Waals surface area contributed by atoms with E-state index in [-0.39, 0.29) is 17.4 Å². The molecule has 0 aliphatic carbocycles. The summed E-state index contributed by atoms with van der Waals surface area (Å²) in [4.78, 5) is 16.5. The molecule has 4 heteroatoms. The van der Waals surface area contributed by atoms with Crippen LogP contribution >= 0.6 is 0 Å². The molecule has 0 saturated carbocycles. The van der Waals surface area contributed by atoms with Crippen molar-refractivity contribution in [2.75, 3.05) is 39.8 Å². The Morgan fingerprint density at radius 1 is 1.33 bits per heavy atom. The number of nitrogens with zero attached hydrogens (tertiary/aromatic N) is 2. The minimum atomic E-state index is 0.0112. The van der Waals surface area contributed by atoms with Crippen molar-refractivity contribution in [3.8, 4) is 0 Å². The molecule has 1 aliphatic rings. The molecule has 1 N–H and O–H groups in total. The van der Waals surface area contributed by atoms with Crippen LogP contribution in [0.2, 0.25) is 0 Å². The maximum atomic E-state index is 12.3. The molecule has 106 valence electrons. The smallest absolute Gasteiger partial charge is 0.239 e. The normalized spacial score (nSPS) is 19.6. The van der Waals surface area contributed by atoms with Gasteiger partial charge >= 0.3 is 0 Å². The van der Waals surface area contributed by atoms with Gasteiger partial charge in [-0.15, -0.1) is 0 Å². The molecule has 1 unspecified atom stereocenters. The van der Waals surface area contributed by atoms with E-state index in [4.69, 9.17) is 0 Å². The molecule has 1 heterocycles. The van der Waals surface area contributed by atoms with E-state index in [0.717, 1.165) is 39.1 Å². The minimum Gasteiger partial charge on any atom is -0.344 e. The topological polar surface area (TPSA) is 35.6 Å². The van der Waals surface area contributed by atoms with Crippen LogP contribution in [0.3, 0.4) is 0 Å². The average molecular weight is 255 g/mol. The largest absolute Gasteiger partial charge is 0.344 e. The first-order valence-electron chi connectivity index (χ1n) is 7.01. The Bertz CT molecular complexity index is 267. The number of carbonyl (C=O) groups is 1. The molecule has 1 atom stereocenters. The van der Waals surface area contributed by atoms with Gasteiger partial charge in [0.2, 0.25) is 5.91 Å². The minimum absolute atomic E-state index is 0.0112. The lowest BCUT2D eigenvalue weighted by Gasteiger charge is -2.34. The van der Waals surface area contributed by atoms with Crippen molar-refractivity contribution in [1.82, 2.24) is 15.1 Å². The lowest BCUT2D eigenvalue weighted by molar-refractivity contribution is -0.135. The van der Waals surface area contributed by atoms with Gasteiger partial charge in [0.1, 0.15) is 0 Å². The van der Waals surface area contributed by atoms with E-state index in [1.807, 2.05) is 18.9 Å². The van der Waals surface area contributed by atoms with Crippen molar-refractivity contribution in [2.24, 2.45) is 5.41 Å². The number of amides is 1. The third-order valence-corrected chi connectivity index (χ3v) is 3.63. The fourth-order valence-electron chi connectivity index (χ4n) is 2.16. The zero-order chi connectivity index (χ0) is 13.8. The van der Waals surface area contributed by atoms with Crippen molar-refractivity contribution in [3.63, 3.8) is 0 Å². The van der Waals surface area contributed by atoms with Gasteiger partial charge in [0.05, 0.1) is 6.04 Å². The zero-order valence-corrected chi connectivity index (χ0v) is 12.6. The molecule has 0 aromatic carbocycles. The molecule has 1 fully saturated rings. The Hall–Kier alpha value is -0.610. The Morgan fingerprint density at radius 2 is 1.89 bits per heavy atom. The van der Waals surface area contributed by atoms with Gasteiger partial charge in [0.25, 0.3) is 0 Å². The second-order valence-corrected chi connectivity index (χ2v) is 6.53. The molecule has 4 nitrogen and oxygen atoms in total. The summed E-state index contributed by atoms with van der Waals surface area (Å²) >= 11 is 0. The third kappa shape index (κ3) is 4.94. The molecule has 0 aromatic heterocycles. The second kappa shape index (κ2) is 6.53. The third-order valence-electron chi connectivity index (χ3n) is 3.63. The monoisotopic (exact) mass is 255 g/mol. The Morgan fingerprint density at radius 3 is 2.39 bits per heavy atom. The summed E-state index contributed by atoms with van der Waals surface area (Å²) in [7, 11) is 1.92. The van der Waals surface area contributed by atoms with E-state index in [2.05, 4.69) is 31.0 Å². The molecular formula is C14H29N3O. The molecule has 0 aromatic rings. The summed E-state index contributed by atoms with van der Waals surface area (Å²) in [6, 6.07) is 0.0112. The number of piperazine rings is 1. The number of hydrogen-bond acceptors (Lipinski definition) is 3. The fraction of sp³-hybridized carbons (Fsp3) is 0.929. The highest BCUT2D eigenvalue weighted by molar-refractivity contribution is 5.81. The summed E-state index contributed by atoms with van der Waals surface area (Å²) in [6.07, 6.45) is 1.05. The molecule has 0 radical (unpaired) electrons. The highest BCUT2D eigenvalue weighted by Crippen LogP contribution is 2.18. The van der Waals surface area contributed by atoms with Gasteiger partial charge in [-0.2, -0.15) is 0 Å². The number of nitrogens with one attached hydrogen (secondary N) is 1. The first-order chi connectivity index (χ1) is 8.31. The number of carbonyl (C=O) groups excluding carboxylic acids is 1. The summed E-state index contributed by atoms with van der Waals surface area (Å²) < 4.78 is 0. The van der Waals surface area contributed by atoms with E-state index >= 15 is 0 Å². The highest BCUT2D eigenvalue weighted by atomic mass is 16.2. The average Bonchev–Trinajstić information content (AvgIpc) is 2.34. The molecule has 1 amide bonds. The van der Waals surface area contributed by atoms with Gasteiger partial charge in [-0.05, 0) is 18.8 Å². The predicted octanol–water partition coefficient (Wildman–Crippen LogP) is 1.17. The first kappa shape index (κ1) is 15.4. The standard InChI is InChI=1S/C14H29N3O/c1-12(17-10-7-15-8-11-17)13(18)16(5)9-6-14(2,3)4/h12,15H,6-11H2,1-5H3. The lowest BCUT2D eigenvalue weighted by Crippen LogP contribution is -2.53. The van der Waals surface area contributed by atoms with Gasteiger partial charge in [0, 0.05) is 39.8 Å². The molecule has 0 spiro atoms. The van der Waals surface area contributed by atoms with Crippen molar-refractivity contribution in [3.05, 3.63) is 0 Å². The maximum Gasteiger partial charge on any atom is 0.239 e. The first-order valence-corrected chi connectivity index (χ1v) is 7.01. The SMILES string of the molecule is CC(C(=O)N(C)CCC(C)(C)C)N1CCNCC1. The fourth-order valence-corrected chi connectivity index (χ4v) is 2.16. The van der Waals surface area contributed by atoms with Crippen LogP contribution in [0.5, 0.6) is 0 Å². The summed E-state index contributed by atoms with van der Waals surface area (Å²) in [5, 5.41) is 3.32. The van der Waals surface area contributed by atoms with Crippen LogP contribution < -0.4 is 5.32 Å². The highest BCUT2D eigenvalue weighted by Gasteiger charge is 2.25. The quantitative estimate of drug-likeness (QED) is 0.819. The summed E-state index contributed by atoms with van der Waals surface area (Å²) in [5.41, 5.74) is 0.285. The lowest BCUT2D eigenvalue weighted by atomic mass is 9.92. The van der Waals surface area contributed by atoms with Crippen molar-refractivity contribution >= 4 is 5.91 Å². The molecule has 1 saturated heterocycles. The van der Waals surface area contributed by atoms with E-state index in [0.29, 0.717) is 0 Å². The molecule has 1 aliphatic heterocycles. The molecule has 0 bridgehead atoms. The van der Waals surface area contributed by atoms with Crippen molar-refractivity contribution in [2.45, 2.75) is 40.2 Å². The van der Waals surface area contributed by atoms with E-state index < -0.39 is 0 Å². The van der Waals surface area contributed by atoms with Gasteiger partial charge in [-0.25, -0.2) is 0 Å². The van der Waals surface area contributed by atoms with Gasteiger partial charge < -0.3 is 10.2 Å². The van der Waals surface area contributed by atoms with Crippen LogP contribution in [0.15, 0.2) is 0 Å². The number of rotatable bonds is 4. The van der Waals surface area contributed by atoms with Crippen molar-refractivity contribution < 1.29 is 4.79 Å². The van der Waals surface area contributed by atoms with E-state index in [9.17, 15) is 4.79 Å². The van der Waals surface area contributed by atoms with Gasteiger partial charge in [-0.1, -0.05) is 20.8 Å². The molecule has 18 heavy (non-hydrogen) atoms. The van der Waals surface area contributed by atoms with E-state index in [1.165, 1.54) is 0 Å². The van der Waals surface area contributed by atoms with Crippen LogP contribution in [0.1, 0.15) is 34.1 Å². The van der Waals surface area contributed by atoms with Gasteiger partial charge in [0.15, 0.2) is 0 Å². The Balaban J connectivity index is 2.41. The Kier molecular flexibility index (Phi) is 5.60. The maximum absolute atomic E-state index is 12.3. The van der Waals surface area contributed by atoms with Gasteiger partial charge in [-0.3, -0.25) is 9.69 Å². The van der Waals surface area contributed by atoms with Crippen LogP contribution in [0.4, 0.5) is 0 Å². The predicted molar refractivity (Wildman–Crippen MR) is 75.6 cm³/mol. The Labute approximate surface area is 112 Å². The van der Waals surface area contributed by atoms with Crippen molar-refractivity contribution in [1.29, 1.82) is 0 Å². The summed E-state index contributed by atoms with van der Waals surface area (Å²) in [5.74, 6) is 0.251.